The van der Waals surface area contributed by atoms with Crippen LogP contribution in [0.25, 0.3) is 10.9 Å². The van der Waals surface area contributed by atoms with Crippen LogP contribution in [0.1, 0.15) is 36.6 Å². The van der Waals surface area contributed by atoms with E-state index in [1.165, 1.54) is 5.56 Å². The van der Waals surface area contributed by atoms with Gasteiger partial charge in [0.25, 0.3) is 0 Å². The predicted molar refractivity (Wildman–Crippen MR) is 107 cm³/mol. The molecule has 0 aliphatic carbocycles. The van der Waals surface area contributed by atoms with Gasteiger partial charge in [0.1, 0.15) is 5.75 Å². The fraction of sp³-hybridized carbons (Fsp3) is 0.333. The summed E-state index contributed by atoms with van der Waals surface area (Å²) in [6.45, 7) is 5.03. The summed E-state index contributed by atoms with van der Waals surface area (Å²) in [6.07, 6.45) is 0.686. The number of hydrogen-bond donors (Lipinski definition) is 1. The lowest BCUT2D eigenvalue weighted by Crippen LogP contribution is -2.35. The van der Waals surface area contributed by atoms with E-state index in [0.717, 1.165) is 27.9 Å². The van der Waals surface area contributed by atoms with Crippen LogP contribution in [-0.2, 0) is 23.0 Å². The number of methoxy groups -OCH3 is 1. The van der Waals surface area contributed by atoms with Gasteiger partial charge in [-0.25, -0.2) is 8.42 Å². The van der Waals surface area contributed by atoms with Crippen molar-refractivity contribution in [3.05, 3.63) is 59.3 Å². The van der Waals surface area contributed by atoms with Gasteiger partial charge in [-0.3, -0.25) is 0 Å². The summed E-state index contributed by atoms with van der Waals surface area (Å²) >= 11 is 0. The van der Waals surface area contributed by atoms with Gasteiger partial charge >= 0.3 is 0 Å². The van der Waals surface area contributed by atoms with Crippen LogP contribution in [0.3, 0.4) is 0 Å². The van der Waals surface area contributed by atoms with Gasteiger partial charge in [-0.1, -0.05) is 26.0 Å². The molecule has 6 heteroatoms. The molecule has 27 heavy (non-hydrogen) atoms. The number of H-pyrrole nitrogens is 1. The molecule has 0 saturated heterocycles. The standard InChI is InChI=1S/C21H24N2O3S/c1-14(2)15-4-7-17(8-5-15)27(24,25)23-11-10-18-19-12-16(26-3)6-9-20(19)22-21(18)13-23/h4-9,12,14,22H,10-11,13H2,1-3H3. The monoisotopic (exact) mass is 384 g/mol. The van der Waals surface area contributed by atoms with Gasteiger partial charge in [0.2, 0.25) is 10.0 Å². The molecule has 1 aromatic heterocycles. The maximum absolute atomic E-state index is 13.1. The van der Waals surface area contributed by atoms with Gasteiger partial charge in [0.05, 0.1) is 18.6 Å². The summed E-state index contributed by atoms with van der Waals surface area (Å²) in [7, 11) is -1.86. The Labute approximate surface area is 160 Å². The Morgan fingerprint density at radius 1 is 1.11 bits per heavy atom. The third-order valence-corrected chi connectivity index (χ3v) is 7.19. The predicted octanol–water partition coefficient (Wildman–Crippen LogP) is 4.05. The molecule has 0 saturated carbocycles. The van der Waals surface area contributed by atoms with Gasteiger partial charge in [-0.2, -0.15) is 4.31 Å². The van der Waals surface area contributed by atoms with Crippen molar-refractivity contribution in [2.24, 2.45) is 0 Å². The first-order valence-corrected chi connectivity index (χ1v) is 10.6. The van der Waals surface area contributed by atoms with Crippen molar-refractivity contribution in [2.75, 3.05) is 13.7 Å². The fourth-order valence-electron chi connectivity index (χ4n) is 3.70. The van der Waals surface area contributed by atoms with E-state index in [0.29, 0.717) is 30.3 Å². The molecule has 4 rings (SSSR count). The maximum Gasteiger partial charge on any atom is 0.243 e. The molecule has 0 bridgehead atoms. The van der Waals surface area contributed by atoms with Crippen LogP contribution < -0.4 is 4.74 Å². The molecule has 0 unspecified atom stereocenters. The second-order valence-electron chi connectivity index (χ2n) is 7.31. The normalized spacial score (nSPS) is 15.3. The molecule has 5 nitrogen and oxygen atoms in total. The minimum Gasteiger partial charge on any atom is -0.497 e. The van der Waals surface area contributed by atoms with Crippen molar-refractivity contribution < 1.29 is 13.2 Å². The number of hydrogen-bond acceptors (Lipinski definition) is 3. The van der Waals surface area contributed by atoms with Gasteiger partial charge < -0.3 is 9.72 Å². The Kier molecular flexibility index (Phi) is 4.48. The minimum atomic E-state index is -3.51. The molecule has 3 aromatic rings. The Morgan fingerprint density at radius 2 is 1.85 bits per heavy atom. The molecule has 0 spiro atoms. The summed E-state index contributed by atoms with van der Waals surface area (Å²) in [6, 6.07) is 13.2. The molecule has 0 atom stereocenters. The molecule has 2 heterocycles. The lowest BCUT2D eigenvalue weighted by atomic mass is 10.0. The maximum atomic E-state index is 13.1. The molecular formula is C21H24N2O3S. The van der Waals surface area contributed by atoms with Crippen molar-refractivity contribution in [2.45, 2.75) is 37.6 Å². The highest BCUT2D eigenvalue weighted by Crippen LogP contribution is 2.32. The summed E-state index contributed by atoms with van der Waals surface area (Å²) in [5.41, 5.74) is 4.30. The van der Waals surface area contributed by atoms with Crippen LogP contribution >= 0.6 is 0 Å². The second-order valence-corrected chi connectivity index (χ2v) is 9.24. The van der Waals surface area contributed by atoms with Crippen molar-refractivity contribution in [1.82, 2.24) is 9.29 Å². The number of benzene rings is 2. The molecule has 2 aromatic carbocycles. The molecule has 0 radical (unpaired) electrons. The van der Waals surface area contributed by atoms with E-state index in [1.54, 1.807) is 23.5 Å². The van der Waals surface area contributed by atoms with E-state index >= 15 is 0 Å². The van der Waals surface area contributed by atoms with Gasteiger partial charge in [-0.15, -0.1) is 0 Å². The Bertz CT molecular complexity index is 1080. The molecule has 142 valence electrons. The topological polar surface area (TPSA) is 62.4 Å². The van der Waals surface area contributed by atoms with E-state index in [2.05, 4.69) is 18.8 Å². The van der Waals surface area contributed by atoms with E-state index in [1.807, 2.05) is 30.3 Å². The largest absolute Gasteiger partial charge is 0.497 e. The highest BCUT2D eigenvalue weighted by atomic mass is 32.2. The van der Waals surface area contributed by atoms with Crippen LogP contribution in [-0.4, -0.2) is 31.4 Å². The number of nitrogens with zero attached hydrogens (tertiary/aromatic N) is 1. The van der Waals surface area contributed by atoms with Crippen LogP contribution in [0.4, 0.5) is 0 Å². The van der Waals surface area contributed by atoms with Gasteiger partial charge in [0.15, 0.2) is 0 Å². The zero-order chi connectivity index (χ0) is 19.2. The van der Waals surface area contributed by atoms with Crippen LogP contribution in [0.5, 0.6) is 5.75 Å². The lowest BCUT2D eigenvalue weighted by molar-refractivity contribution is 0.388. The third-order valence-electron chi connectivity index (χ3n) is 5.33. The molecule has 1 N–H and O–H groups in total. The zero-order valence-electron chi connectivity index (χ0n) is 15.8. The van der Waals surface area contributed by atoms with E-state index in [-0.39, 0.29) is 0 Å². The van der Waals surface area contributed by atoms with E-state index in [4.69, 9.17) is 4.74 Å². The molecule has 0 amide bonds. The highest BCUT2D eigenvalue weighted by Gasteiger charge is 2.30. The zero-order valence-corrected chi connectivity index (χ0v) is 16.6. The van der Waals surface area contributed by atoms with Crippen molar-refractivity contribution in [3.63, 3.8) is 0 Å². The van der Waals surface area contributed by atoms with Crippen molar-refractivity contribution in [3.8, 4) is 5.75 Å². The number of fused-ring (bicyclic) bond motifs is 3. The quantitative estimate of drug-likeness (QED) is 0.738. The summed E-state index contributed by atoms with van der Waals surface area (Å²) in [5.74, 6) is 1.19. The average molecular weight is 385 g/mol. The summed E-state index contributed by atoms with van der Waals surface area (Å²) in [5, 5.41) is 1.11. The average Bonchev–Trinajstić information content (AvgIpc) is 3.04. The van der Waals surface area contributed by atoms with Gasteiger partial charge in [0, 0.05) is 23.1 Å². The summed E-state index contributed by atoms with van der Waals surface area (Å²) in [4.78, 5) is 3.74. The number of ether oxygens (including phenoxy) is 1. The van der Waals surface area contributed by atoms with Crippen molar-refractivity contribution in [1.29, 1.82) is 0 Å². The van der Waals surface area contributed by atoms with E-state index < -0.39 is 10.0 Å². The molecule has 1 aliphatic heterocycles. The Morgan fingerprint density at radius 3 is 2.52 bits per heavy atom. The fourth-order valence-corrected chi connectivity index (χ4v) is 5.11. The lowest BCUT2D eigenvalue weighted by Gasteiger charge is -2.26. The Balaban J connectivity index is 1.65. The number of nitrogens with one attached hydrogen (secondary N) is 1. The molecule has 0 fully saturated rings. The third kappa shape index (κ3) is 3.13. The number of sulfonamides is 1. The Hall–Kier alpha value is -2.31. The first-order valence-electron chi connectivity index (χ1n) is 9.17. The minimum absolute atomic E-state index is 0.355. The number of rotatable bonds is 4. The van der Waals surface area contributed by atoms with Crippen LogP contribution in [0.2, 0.25) is 0 Å². The first kappa shape index (κ1) is 18.1. The molecular weight excluding hydrogens is 360 g/mol. The van der Waals surface area contributed by atoms with Gasteiger partial charge in [-0.05, 0) is 53.8 Å². The van der Waals surface area contributed by atoms with E-state index in [9.17, 15) is 8.42 Å². The second kappa shape index (κ2) is 6.69. The smallest absolute Gasteiger partial charge is 0.243 e. The number of aromatic amines is 1. The molecule has 1 aliphatic rings. The first-order chi connectivity index (χ1) is 12.9. The van der Waals surface area contributed by atoms with Crippen LogP contribution in [0.15, 0.2) is 47.4 Å². The highest BCUT2D eigenvalue weighted by molar-refractivity contribution is 7.89. The van der Waals surface area contributed by atoms with Crippen molar-refractivity contribution >= 4 is 20.9 Å². The SMILES string of the molecule is COc1ccc2[nH]c3c(c2c1)CCN(S(=O)(=O)c1ccc(C(C)C)cc1)C3. The number of aromatic nitrogens is 1. The summed E-state index contributed by atoms with van der Waals surface area (Å²) < 4.78 is 33.1. The van der Waals surface area contributed by atoms with Crippen LogP contribution in [0, 0.1) is 0 Å².